The van der Waals surface area contributed by atoms with Crippen LogP contribution in [-0.2, 0) is 10.0 Å². The Morgan fingerprint density at radius 1 is 1.04 bits per heavy atom. The Balaban J connectivity index is 1.58. The number of halogens is 2. The van der Waals surface area contributed by atoms with Crippen LogP contribution in [0.1, 0.15) is 5.56 Å². The first kappa shape index (κ1) is 19.0. The molecule has 0 amide bonds. The maximum absolute atomic E-state index is 14.0. The highest BCUT2D eigenvalue weighted by Crippen LogP contribution is 2.23. The van der Waals surface area contributed by atoms with Crippen LogP contribution in [0, 0.1) is 5.82 Å². The molecule has 7 heteroatoms. The molecular formula is C19H20ClFN2O2S. The summed E-state index contributed by atoms with van der Waals surface area (Å²) >= 11 is 5.70. The summed E-state index contributed by atoms with van der Waals surface area (Å²) in [6.45, 7) is 2.63. The van der Waals surface area contributed by atoms with E-state index in [1.54, 1.807) is 0 Å². The number of sulfonamides is 1. The Kier molecular flexibility index (Phi) is 6.09. The van der Waals surface area contributed by atoms with Crippen LogP contribution in [0.4, 0.5) is 4.39 Å². The second-order valence-corrected chi connectivity index (χ2v) is 8.44. The summed E-state index contributed by atoms with van der Waals surface area (Å²) in [5.74, 6) is -0.814. The third kappa shape index (κ3) is 4.51. The Morgan fingerprint density at radius 2 is 1.73 bits per heavy atom. The van der Waals surface area contributed by atoms with E-state index in [1.165, 1.54) is 16.4 Å². The predicted molar refractivity (Wildman–Crippen MR) is 102 cm³/mol. The average Bonchev–Trinajstić information content (AvgIpc) is 2.63. The lowest BCUT2D eigenvalue weighted by molar-refractivity contribution is 0.204. The Hall–Kier alpha value is -1.73. The van der Waals surface area contributed by atoms with Crippen LogP contribution >= 0.6 is 11.6 Å². The molecule has 1 aliphatic heterocycles. The zero-order valence-electron chi connectivity index (χ0n) is 14.2. The second kappa shape index (κ2) is 8.31. The molecule has 2 aromatic rings. The van der Waals surface area contributed by atoms with Crippen LogP contribution in [0.3, 0.4) is 0 Å². The van der Waals surface area contributed by atoms with Crippen molar-refractivity contribution in [2.75, 3.05) is 32.7 Å². The molecule has 0 aromatic heterocycles. The van der Waals surface area contributed by atoms with Crippen LogP contribution in [0.25, 0.3) is 6.08 Å². The molecule has 0 saturated carbocycles. The fourth-order valence-electron chi connectivity index (χ4n) is 2.88. The average molecular weight is 395 g/mol. The fraction of sp³-hybridized carbons (Fsp3) is 0.263. The number of hydrogen-bond acceptors (Lipinski definition) is 3. The van der Waals surface area contributed by atoms with Crippen molar-refractivity contribution in [2.45, 2.75) is 4.90 Å². The number of nitrogens with zero attached hydrogens (tertiary/aromatic N) is 2. The SMILES string of the molecule is O=S(=O)(c1ccc(Cl)cc1F)N1CCN(C/C=C/c2ccccc2)CC1. The lowest BCUT2D eigenvalue weighted by atomic mass is 10.2. The minimum atomic E-state index is -3.84. The number of benzene rings is 2. The molecule has 0 unspecified atom stereocenters. The highest BCUT2D eigenvalue weighted by atomic mass is 35.5. The molecule has 0 radical (unpaired) electrons. The van der Waals surface area contributed by atoms with Gasteiger partial charge in [-0.2, -0.15) is 4.31 Å². The normalized spacial score (nSPS) is 17.0. The van der Waals surface area contributed by atoms with Gasteiger partial charge in [-0.3, -0.25) is 4.90 Å². The first-order valence-corrected chi connectivity index (χ1v) is 10.2. The van der Waals surface area contributed by atoms with Gasteiger partial charge < -0.3 is 0 Å². The standard InChI is InChI=1S/C19H20ClFN2O2S/c20-17-8-9-19(18(21)15-17)26(24,25)23-13-11-22(12-14-23)10-4-7-16-5-2-1-3-6-16/h1-9,15H,10-14H2/b7-4+. The van der Waals surface area contributed by atoms with Gasteiger partial charge in [-0.15, -0.1) is 0 Å². The first-order valence-electron chi connectivity index (χ1n) is 8.36. The quantitative estimate of drug-likeness (QED) is 0.779. The molecular weight excluding hydrogens is 375 g/mol. The van der Waals surface area contributed by atoms with Crippen LogP contribution < -0.4 is 0 Å². The van der Waals surface area contributed by atoms with Gasteiger partial charge in [0.25, 0.3) is 0 Å². The Labute approximate surface area is 158 Å². The zero-order chi connectivity index (χ0) is 18.6. The van der Waals surface area contributed by atoms with E-state index in [0.717, 1.165) is 18.2 Å². The minimum absolute atomic E-state index is 0.177. The van der Waals surface area contributed by atoms with Gasteiger partial charge in [0.2, 0.25) is 10.0 Å². The monoisotopic (exact) mass is 394 g/mol. The van der Waals surface area contributed by atoms with Gasteiger partial charge in [-0.1, -0.05) is 54.1 Å². The highest BCUT2D eigenvalue weighted by Gasteiger charge is 2.30. The molecule has 138 valence electrons. The molecule has 0 N–H and O–H groups in total. The minimum Gasteiger partial charge on any atom is -0.297 e. The maximum Gasteiger partial charge on any atom is 0.246 e. The summed E-state index contributed by atoms with van der Waals surface area (Å²) in [6.07, 6.45) is 4.12. The van der Waals surface area contributed by atoms with E-state index in [2.05, 4.69) is 11.0 Å². The van der Waals surface area contributed by atoms with Crippen molar-refractivity contribution >= 4 is 27.7 Å². The topological polar surface area (TPSA) is 40.6 Å². The van der Waals surface area contributed by atoms with E-state index >= 15 is 0 Å². The third-order valence-corrected chi connectivity index (χ3v) is 6.48. The van der Waals surface area contributed by atoms with Crippen LogP contribution in [0.5, 0.6) is 0 Å². The molecule has 1 aliphatic rings. The summed E-state index contributed by atoms with van der Waals surface area (Å²) < 4.78 is 40.6. The van der Waals surface area contributed by atoms with Crippen molar-refractivity contribution in [3.63, 3.8) is 0 Å². The van der Waals surface area contributed by atoms with Crippen LogP contribution in [0.15, 0.2) is 59.5 Å². The summed E-state index contributed by atoms with van der Waals surface area (Å²) in [7, 11) is -3.84. The molecule has 2 aromatic carbocycles. The Bertz CT molecular complexity index is 880. The smallest absolute Gasteiger partial charge is 0.246 e. The summed E-state index contributed by atoms with van der Waals surface area (Å²) in [5.41, 5.74) is 1.13. The maximum atomic E-state index is 14.0. The summed E-state index contributed by atoms with van der Waals surface area (Å²) in [4.78, 5) is 1.85. The zero-order valence-corrected chi connectivity index (χ0v) is 15.8. The molecule has 4 nitrogen and oxygen atoms in total. The molecule has 1 saturated heterocycles. The highest BCUT2D eigenvalue weighted by molar-refractivity contribution is 7.89. The predicted octanol–water partition coefficient (Wildman–Crippen LogP) is 3.50. The van der Waals surface area contributed by atoms with Crippen molar-refractivity contribution < 1.29 is 12.8 Å². The first-order chi connectivity index (χ1) is 12.5. The van der Waals surface area contributed by atoms with Gasteiger partial charge in [0, 0.05) is 37.7 Å². The Morgan fingerprint density at radius 3 is 2.38 bits per heavy atom. The van der Waals surface area contributed by atoms with Crippen molar-refractivity contribution in [1.82, 2.24) is 9.21 Å². The lowest BCUT2D eigenvalue weighted by Gasteiger charge is -2.33. The van der Waals surface area contributed by atoms with Gasteiger partial charge in [0.05, 0.1) is 0 Å². The van der Waals surface area contributed by atoms with Crippen LogP contribution in [0.2, 0.25) is 5.02 Å². The summed E-state index contributed by atoms with van der Waals surface area (Å²) in [5, 5.41) is 0.177. The molecule has 0 aliphatic carbocycles. The van der Waals surface area contributed by atoms with Crippen LogP contribution in [-0.4, -0.2) is 50.3 Å². The van der Waals surface area contributed by atoms with Gasteiger partial charge in [-0.05, 0) is 23.8 Å². The second-order valence-electron chi connectivity index (χ2n) is 6.09. The van der Waals surface area contributed by atoms with E-state index in [0.29, 0.717) is 26.2 Å². The van der Waals surface area contributed by atoms with Gasteiger partial charge in [0.1, 0.15) is 10.7 Å². The van der Waals surface area contributed by atoms with Crippen molar-refractivity contribution in [1.29, 1.82) is 0 Å². The van der Waals surface area contributed by atoms with E-state index in [-0.39, 0.29) is 9.92 Å². The summed E-state index contributed by atoms with van der Waals surface area (Å²) in [6, 6.07) is 13.6. The molecule has 1 fully saturated rings. The van der Waals surface area contributed by atoms with Crippen molar-refractivity contribution in [2.24, 2.45) is 0 Å². The number of hydrogen-bond donors (Lipinski definition) is 0. The van der Waals surface area contributed by atoms with Gasteiger partial charge in [0.15, 0.2) is 0 Å². The molecule has 0 spiro atoms. The fourth-order valence-corrected chi connectivity index (χ4v) is 4.50. The number of rotatable bonds is 5. The lowest BCUT2D eigenvalue weighted by Crippen LogP contribution is -2.48. The van der Waals surface area contributed by atoms with E-state index in [9.17, 15) is 12.8 Å². The third-order valence-electron chi connectivity index (χ3n) is 4.32. The van der Waals surface area contributed by atoms with E-state index in [1.807, 2.05) is 36.4 Å². The largest absolute Gasteiger partial charge is 0.297 e. The molecule has 1 heterocycles. The van der Waals surface area contributed by atoms with Gasteiger partial charge >= 0.3 is 0 Å². The molecule has 26 heavy (non-hydrogen) atoms. The molecule has 0 atom stereocenters. The number of piperazine rings is 1. The van der Waals surface area contributed by atoms with Crippen molar-refractivity contribution in [3.05, 3.63) is 71.0 Å². The molecule has 0 bridgehead atoms. The molecule has 3 rings (SSSR count). The van der Waals surface area contributed by atoms with E-state index in [4.69, 9.17) is 11.6 Å². The van der Waals surface area contributed by atoms with Crippen molar-refractivity contribution in [3.8, 4) is 0 Å². The van der Waals surface area contributed by atoms with Gasteiger partial charge in [-0.25, -0.2) is 12.8 Å². The van der Waals surface area contributed by atoms with E-state index < -0.39 is 15.8 Å².